The molecule has 2 atom stereocenters. The first-order valence-corrected chi connectivity index (χ1v) is 7.88. The number of amides is 1. The summed E-state index contributed by atoms with van der Waals surface area (Å²) >= 11 is 3.54. The summed E-state index contributed by atoms with van der Waals surface area (Å²) in [6.07, 6.45) is 3.66. The number of carbonyl (C=O) groups excluding carboxylic acids is 1. The van der Waals surface area contributed by atoms with Gasteiger partial charge in [-0.15, -0.1) is 0 Å². The molecule has 2 rings (SSSR count). The highest BCUT2D eigenvalue weighted by Gasteiger charge is 2.26. The third-order valence-corrected chi connectivity index (χ3v) is 4.85. The summed E-state index contributed by atoms with van der Waals surface area (Å²) < 4.78 is 0. The molecule has 4 heteroatoms. The standard InChI is InChI=1S/C15H20BrNO2/c1-10-4-2-7-13(14(10)18)15(19)17-9-12-6-3-5-11(12)8-16/h2,4,7,11-12,18H,3,5-6,8-9H2,1H3,(H,17,19). The minimum absolute atomic E-state index is 0.0865. The number of phenolic OH excluding ortho intramolecular Hbond substituents is 1. The molecule has 104 valence electrons. The van der Waals surface area contributed by atoms with Gasteiger partial charge in [0.15, 0.2) is 0 Å². The van der Waals surface area contributed by atoms with Crippen LogP contribution in [0.1, 0.15) is 35.2 Å². The number of halogens is 1. The van der Waals surface area contributed by atoms with Crippen LogP contribution in [0.3, 0.4) is 0 Å². The summed E-state index contributed by atoms with van der Waals surface area (Å²) in [6, 6.07) is 5.25. The Hall–Kier alpha value is -1.03. The van der Waals surface area contributed by atoms with E-state index in [0.29, 0.717) is 23.9 Å². The van der Waals surface area contributed by atoms with Crippen LogP contribution in [-0.4, -0.2) is 22.9 Å². The summed E-state index contributed by atoms with van der Waals surface area (Å²) in [4.78, 5) is 12.1. The largest absolute Gasteiger partial charge is 0.507 e. The zero-order valence-electron chi connectivity index (χ0n) is 11.2. The van der Waals surface area contributed by atoms with Gasteiger partial charge in [0.1, 0.15) is 5.75 Å². The maximum atomic E-state index is 12.1. The lowest BCUT2D eigenvalue weighted by molar-refractivity contribution is 0.0942. The molecular formula is C15H20BrNO2. The Morgan fingerprint density at radius 3 is 2.89 bits per heavy atom. The van der Waals surface area contributed by atoms with Crippen LogP contribution in [-0.2, 0) is 0 Å². The third kappa shape index (κ3) is 3.30. The molecule has 1 aromatic carbocycles. The highest BCUT2D eigenvalue weighted by molar-refractivity contribution is 9.09. The molecule has 1 aromatic rings. The van der Waals surface area contributed by atoms with Crippen molar-refractivity contribution in [3.63, 3.8) is 0 Å². The quantitative estimate of drug-likeness (QED) is 0.835. The second-order valence-corrected chi connectivity index (χ2v) is 5.93. The first-order valence-electron chi connectivity index (χ1n) is 6.76. The van der Waals surface area contributed by atoms with Crippen molar-refractivity contribution >= 4 is 21.8 Å². The molecule has 1 fully saturated rings. The molecule has 0 radical (unpaired) electrons. The zero-order valence-corrected chi connectivity index (χ0v) is 12.7. The number of hydrogen-bond donors (Lipinski definition) is 2. The van der Waals surface area contributed by atoms with Gasteiger partial charge in [0.2, 0.25) is 0 Å². The number of carbonyl (C=O) groups is 1. The van der Waals surface area contributed by atoms with Gasteiger partial charge in [-0.25, -0.2) is 0 Å². The topological polar surface area (TPSA) is 49.3 Å². The van der Waals surface area contributed by atoms with E-state index in [1.165, 1.54) is 19.3 Å². The van der Waals surface area contributed by atoms with Crippen LogP contribution in [0.25, 0.3) is 0 Å². The molecule has 2 N–H and O–H groups in total. The van der Waals surface area contributed by atoms with Gasteiger partial charge >= 0.3 is 0 Å². The number of phenols is 1. The number of hydrogen-bond acceptors (Lipinski definition) is 2. The molecule has 0 bridgehead atoms. The number of alkyl halides is 1. The van der Waals surface area contributed by atoms with E-state index in [2.05, 4.69) is 21.2 Å². The molecule has 1 saturated carbocycles. The van der Waals surface area contributed by atoms with Crippen LogP contribution in [0.2, 0.25) is 0 Å². The average molecular weight is 326 g/mol. The normalized spacial score (nSPS) is 22.4. The van der Waals surface area contributed by atoms with Gasteiger partial charge in [-0.2, -0.15) is 0 Å². The SMILES string of the molecule is Cc1cccc(C(=O)NCC2CCCC2CBr)c1O. The van der Waals surface area contributed by atoms with E-state index in [1.807, 2.05) is 0 Å². The molecule has 1 aliphatic carbocycles. The van der Waals surface area contributed by atoms with E-state index in [1.54, 1.807) is 25.1 Å². The first-order chi connectivity index (χ1) is 9.13. The number of benzene rings is 1. The average Bonchev–Trinajstić information content (AvgIpc) is 2.86. The molecule has 0 aromatic heterocycles. The van der Waals surface area contributed by atoms with E-state index < -0.39 is 0 Å². The van der Waals surface area contributed by atoms with Crippen molar-refractivity contribution in [2.75, 3.05) is 11.9 Å². The van der Waals surface area contributed by atoms with Crippen LogP contribution in [0.4, 0.5) is 0 Å². The number of aryl methyl sites for hydroxylation is 1. The summed E-state index contributed by atoms with van der Waals surface area (Å²) in [6.45, 7) is 2.49. The lowest BCUT2D eigenvalue weighted by atomic mass is 9.98. The maximum absolute atomic E-state index is 12.1. The molecule has 0 spiro atoms. The van der Waals surface area contributed by atoms with Gasteiger partial charge in [0, 0.05) is 11.9 Å². The number of aromatic hydroxyl groups is 1. The van der Waals surface area contributed by atoms with Gasteiger partial charge in [-0.3, -0.25) is 4.79 Å². The van der Waals surface area contributed by atoms with E-state index in [-0.39, 0.29) is 11.7 Å². The number of rotatable bonds is 4. The minimum Gasteiger partial charge on any atom is -0.507 e. The van der Waals surface area contributed by atoms with Crippen LogP contribution in [0.5, 0.6) is 5.75 Å². The summed E-state index contributed by atoms with van der Waals surface area (Å²) in [5.41, 5.74) is 1.10. The maximum Gasteiger partial charge on any atom is 0.255 e. The zero-order chi connectivity index (χ0) is 13.8. The van der Waals surface area contributed by atoms with Gasteiger partial charge in [0.05, 0.1) is 5.56 Å². The molecule has 2 unspecified atom stereocenters. The molecule has 19 heavy (non-hydrogen) atoms. The molecule has 0 saturated heterocycles. The Morgan fingerprint density at radius 2 is 2.16 bits per heavy atom. The lowest BCUT2D eigenvalue weighted by Gasteiger charge is -2.18. The molecule has 3 nitrogen and oxygen atoms in total. The Bertz CT molecular complexity index is 461. The van der Waals surface area contributed by atoms with Crippen LogP contribution >= 0.6 is 15.9 Å². The first kappa shape index (κ1) is 14.4. The summed E-state index contributed by atoms with van der Waals surface area (Å²) in [5.74, 6) is 1.12. The molecule has 0 heterocycles. The van der Waals surface area contributed by atoms with E-state index in [4.69, 9.17) is 0 Å². The smallest absolute Gasteiger partial charge is 0.255 e. The van der Waals surface area contributed by atoms with Gasteiger partial charge in [0.25, 0.3) is 5.91 Å². The third-order valence-electron chi connectivity index (χ3n) is 4.02. The van der Waals surface area contributed by atoms with Crippen molar-refractivity contribution in [2.45, 2.75) is 26.2 Å². The van der Waals surface area contributed by atoms with Crippen molar-refractivity contribution in [3.8, 4) is 5.75 Å². The van der Waals surface area contributed by atoms with E-state index in [9.17, 15) is 9.90 Å². The van der Waals surface area contributed by atoms with Crippen molar-refractivity contribution < 1.29 is 9.90 Å². The highest BCUT2D eigenvalue weighted by atomic mass is 79.9. The van der Waals surface area contributed by atoms with Crippen molar-refractivity contribution in [2.24, 2.45) is 11.8 Å². The Balaban J connectivity index is 1.96. The molecule has 1 amide bonds. The van der Waals surface area contributed by atoms with E-state index in [0.717, 1.165) is 10.9 Å². The second-order valence-electron chi connectivity index (χ2n) is 5.29. The monoisotopic (exact) mass is 325 g/mol. The summed E-state index contributed by atoms with van der Waals surface area (Å²) in [7, 11) is 0. The summed E-state index contributed by atoms with van der Waals surface area (Å²) in [5, 5.41) is 13.8. The van der Waals surface area contributed by atoms with Crippen molar-refractivity contribution in [1.82, 2.24) is 5.32 Å². The predicted molar refractivity (Wildman–Crippen MR) is 79.8 cm³/mol. The fourth-order valence-electron chi connectivity index (χ4n) is 2.75. The number of para-hydroxylation sites is 1. The Kier molecular flexibility index (Phi) is 4.86. The highest BCUT2D eigenvalue weighted by Crippen LogP contribution is 2.32. The van der Waals surface area contributed by atoms with Gasteiger partial charge < -0.3 is 10.4 Å². The molecule has 0 aliphatic heterocycles. The van der Waals surface area contributed by atoms with Crippen LogP contribution < -0.4 is 5.32 Å². The second kappa shape index (κ2) is 6.42. The molecule has 1 aliphatic rings. The van der Waals surface area contributed by atoms with Crippen LogP contribution in [0.15, 0.2) is 18.2 Å². The van der Waals surface area contributed by atoms with Crippen molar-refractivity contribution in [1.29, 1.82) is 0 Å². The Labute approximate surface area is 122 Å². The fraction of sp³-hybridized carbons (Fsp3) is 0.533. The lowest BCUT2D eigenvalue weighted by Crippen LogP contribution is -2.31. The van der Waals surface area contributed by atoms with Gasteiger partial charge in [-0.1, -0.05) is 34.5 Å². The van der Waals surface area contributed by atoms with Crippen molar-refractivity contribution in [3.05, 3.63) is 29.3 Å². The predicted octanol–water partition coefficient (Wildman–Crippen LogP) is 3.24. The van der Waals surface area contributed by atoms with Gasteiger partial charge in [-0.05, 0) is 43.2 Å². The number of nitrogens with one attached hydrogen (secondary N) is 1. The van der Waals surface area contributed by atoms with E-state index >= 15 is 0 Å². The fourth-order valence-corrected chi connectivity index (χ4v) is 3.60. The minimum atomic E-state index is -0.179. The molecular weight excluding hydrogens is 306 g/mol. The van der Waals surface area contributed by atoms with Crippen LogP contribution in [0, 0.1) is 18.8 Å². The Morgan fingerprint density at radius 1 is 1.42 bits per heavy atom.